The lowest BCUT2D eigenvalue weighted by Crippen LogP contribution is -2.38. The number of ether oxygens (including phenoxy) is 1. The van der Waals surface area contributed by atoms with Crippen molar-refractivity contribution in [3.63, 3.8) is 0 Å². The highest BCUT2D eigenvalue weighted by Crippen LogP contribution is 2.48. The summed E-state index contributed by atoms with van der Waals surface area (Å²) in [5.74, 6) is -1.74. The Balaban J connectivity index is 1.80. The largest absolute Gasteiger partial charge is 0.481 e. The van der Waals surface area contributed by atoms with Crippen molar-refractivity contribution in [2.75, 3.05) is 20.3 Å². The van der Waals surface area contributed by atoms with Crippen molar-refractivity contribution >= 4 is 11.9 Å². The number of carboxylic acids is 1. The maximum absolute atomic E-state index is 12.1. The minimum absolute atomic E-state index is 0.0754. The molecular formula is C14H23NO4. The summed E-state index contributed by atoms with van der Waals surface area (Å²) in [5, 5.41) is 12.1. The van der Waals surface area contributed by atoms with Crippen LogP contribution in [0.2, 0.25) is 0 Å². The SMILES string of the molecule is COCCC1(CNC(=O)C2CCCC2C(=O)O)CC1. The molecule has 0 bridgehead atoms. The van der Waals surface area contributed by atoms with Crippen molar-refractivity contribution < 1.29 is 19.4 Å². The predicted molar refractivity (Wildman–Crippen MR) is 69.6 cm³/mol. The lowest BCUT2D eigenvalue weighted by molar-refractivity contribution is -0.146. The van der Waals surface area contributed by atoms with Gasteiger partial charge in [-0.25, -0.2) is 0 Å². The molecule has 2 rings (SSSR count). The minimum Gasteiger partial charge on any atom is -0.481 e. The Morgan fingerprint density at radius 3 is 2.58 bits per heavy atom. The fourth-order valence-electron chi connectivity index (χ4n) is 2.99. The second kappa shape index (κ2) is 5.90. The molecule has 0 aromatic heterocycles. The van der Waals surface area contributed by atoms with Crippen LogP contribution in [0.25, 0.3) is 0 Å². The number of rotatable bonds is 7. The van der Waals surface area contributed by atoms with E-state index in [2.05, 4.69) is 5.32 Å². The highest BCUT2D eigenvalue weighted by atomic mass is 16.5. The van der Waals surface area contributed by atoms with Gasteiger partial charge < -0.3 is 15.2 Å². The Morgan fingerprint density at radius 1 is 1.32 bits per heavy atom. The molecule has 19 heavy (non-hydrogen) atoms. The second-order valence-electron chi connectivity index (χ2n) is 5.94. The summed E-state index contributed by atoms with van der Waals surface area (Å²) >= 11 is 0. The number of nitrogens with one attached hydrogen (secondary N) is 1. The van der Waals surface area contributed by atoms with Gasteiger partial charge in [0.2, 0.25) is 5.91 Å². The molecule has 0 heterocycles. The Hall–Kier alpha value is -1.10. The molecule has 2 saturated carbocycles. The van der Waals surface area contributed by atoms with Gasteiger partial charge in [-0.2, -0.15) is 0 Å². The zero-order valence-corrected chi connectivity index (χ0v) is 11.5. The van der Waals surface area contributed by atoms with Gasteiger partial charge in [0.1, 0.15) is 0 Å². The third-order valence-corrected chi connectivity index (χ3v) is 4.60. The van der Waals surface area contributed by atoms with Crippen LogP contribution >= 0.6 is 0 Å². The van der Waals surface area contributed by atoms with E-state index in [9.17, 15) is 9.59 Å². The van der Waals surface area contributed by atoms with E-state index < -0.39 is 11.9 Å². The summed E-state index contributed by atoms with van der Waals surface area (Å²) in [6, 6.07) is 0. The molecule has 2 aliphatic rings. The molecule has 0 aromatic rings. The molecule has 2 unspecified atom stereocenters. The fourth-order valence-corrected chi connectivity index (χ4v) is 2.99. The summed E-state index contributed by atoms with van der Waals surface area (Å²) < 4.78 is 5.08. The van der Waals surface area contributed by atoms with Crippen LogP contribution in [-0.2, 0) is 14.3 Å². The van der Waals surface area contributed by atoms with Crippen LogP contribution in [0, 0.1) is 17.3 Å². The molecule has 0 radical (unpaired) electrons. The van der Waals surface area contributed by atoms with Crippen LogP contribution in [0.15, 0.2) is 0 Å². The summed E-state index contributed by atoms with van der Waals surface area (Å²) in [6.45, 7) is 1.38. The first kappa shape index (κ1) is 14.3. The molecule has 0 saturated heterocycles. The lowest BCUT2D eigenvalue weighted by Gasteiger charge is -2.19. The molecular weight excluding hydrogens is 246 g/mol. The van der Waals surface area contributed by atoms with Gasteiger partial charge in [0.15, 0.2) is 0 Å². The molecule has 5 heteroatoms. The topological polar surface area (TPSA) is 75.6 Å². The van der Waals surface area contributed by atoms with Gasteiger partial charge in [0.25, 0.3) is 0 Å². The Labute approximate surface area is 113 Å². The number of hydrogen-bond donors (Lipinski definition) is 2. The molecule has 0 aromatic carbocycles. The summed E-state index contributed by atoms with van der Waals surface area (Å²) in [5.41, 5.74) is 0.211. The van der Waals surface area contributed by atoms with Crippen molar-refractivity contribution in [2.24, 2.45) is 17.3 Å². The first-order valence-corrected chi connectivity index (χ1v) is 7.07. The van der Waals surface area contributed by atoms with Crippen molar-refractivity contribution in [2.45, 2.75) is 38.5 Å². The first-order valence-electron chi connectivity index (χ1n) is 7.07. The fraction of sp³-hybridized carbons (Fsp3) is 0.857. The smallest absolute Gasteiger partial charge is 0.307 e. The van der Waals surface area contributed by atoms with Crippen molar-refractivity contribution in [1.29, 1.82) is 0 Å². The number of carbonyl (C=O) groups excluding carboxylic acids is 1. The van der Waals surface area contributed by atoms with E-state index in [-0.39, 0.29) is 17.2 Å². The molecule has 0 aliphatic heterocycles. The van der Waals surface area contributed by atoms with Crippen LogP contribution in [0.4, 0.5) is 0 Å². The molecule has 1 amide bonds. The summed E-state index contributed by atoms with van der Waals surface area (Å²) in [7, 11) is 1.69. The molecule has 2 aliphatic carbocycles. The van der Waals surface area contributed by atoms with Crippen molar-refractivity contribution in [3.05, 3.63) is 0 Å². The average molecular weight is 269 g/mol. The number of carboxylic acid groups (broad SMARTS) is 1. The monoisotopic (exact) mass is 269 g/mol. The molecule has 5 nitrogen and oxygen atoms in total. The second-order valence-corrected chi connectivity index (χ2v) is 5.94. The molecule has 2 fully saturated rings. The maximum Gasteiger partial charge on any atom is 0.307 e. The predicted octanol–water partition coefficient (Wildman–Crippen LogP) is 1.42. The number of methoxy groups -OCH3 is 1. The summed E-state index contributed by atoms with van der Waals surface area (Å²) in [6.07, 6.45) is 5.39. The Morgan fingerprint density at radius 2 is 2.00 bits per heavy atom. The number of hydrogen-bond acceptors (Lipinski definition) is 3. The van der Waals surface area contributed by atoms with Gasteiger partial charge in [-0.15, -0.1) is 0 Å². The van der Waals surface area contributed by atoms with E-state index >= 15 is 0 Å². The van der Waals surface area contributed by atoms with Crippen LogP contribution < -0.4 is 5.32 Å². The zero-order chi connectivity index (χ0) is 13.9. The van der Waals surface area contributed by atoms with Crippen LogP contribution in [0.1, 0.15) is 38.5 Å². The van der Waals surface area contributed by atoms with E-state index in [4.69, 9.17) is 9.84 Å². The highest BCUT2D eigenvalue weighted by molar-refractivity contribution is 5.85. The molecule has 108 valence electrons. The molecule has 0 spiro atoms. The van der Waals surface area contributed by atoms with Crippen LogP contribution in [-0.4, -0.2) is 37.2 Å². The van der Waals surface area contributed by atoms with E-state index in [0.717, 1.165) is 32.3 Å². The average Bonchev–Trinajstić information content (AvgIpc) is 2.97. The van der Waals surface area contributed by atoms with E-state index in [1.807, 2.05) is 0 Å². The zero-order valence-electron chi connectivity index (χ0n) is 11.5. The maximum atomic E-state index is 12.1. The van der Waals surface area contributed by atoms with Gasteiger partial charge in [0, 0.05) is 20.3 Å². The van der Waals surface area contributed by atoms with E-state index in [1.165, 1.54) is 0 Å². The van der Waals surface area contributed by atoms with Crippen LogP contribution in [0.5, 0.6) is 0 Å². The van der Waals surface area contributed by atoms with E-state index in [1.54, 1.807) is 7.11 Å². The van der Waals surface area contributed by atoms with Gasteiger partial charge in [-0.3, -0.25) is 9.59 Å². The van der Waals surface area contributed by atoms with Gasteiger partial charge >= 0.3 is 5.97 Å². The highest BCUT2D eigenvalue weighted by Gasteiger charge is 2.43. The Bertz CT molecular complexity index is 351. The lowest BCUT2D eigenvalue weighted by atomic mass is 9.94. The van der Waals surface area contributed by atoms with Gasteiger partial charge in [-0.05, 0) is 37.5 Å². The number of amides is 1. The number of carbonyl (C=O) groups is 2. The third kappa shape index (κ3) is 3.47. The quantitative estimate of drug-likeness (QED) is 0.733. The van der Waals surface area contributed by atoms with Crippen molar-refractivity contribution in [3.8, 4) is 0 Å². The number of aliphatic carboxylic acids is 1. The third-order valence-electron chi connectivity index (χ3n) is 4.60. The van der Waals surface area contributed by atoms with E-state index in [0.29, 0.717) is 19.4 Å². The van der Waals surface area contributed by atoms with Crippen molar-refractivity contribution in [1.82, 2.24) is 5.32 Å². The normalized spacial score (nSPS) is 28.1. The Kier molecular flexibility index (Phi) is 4.45. The standard InChI is InChI=1S/C14H23NO4/c1-19-8-7-14(5-6-14)9-15-12(16)10-3-2-4-11(10)13(17)18/h10-11H,2-9H2,1H3,(H,15,16)(H,17,18). The molecule has 2 N–H and O–H groups in total. The molecule has 2 atom stereocenters. The van der Waals surface area contributed by atoms with Gasteiger partial charge in [0.05, 0.1) is 11.8 Å². The minimum atomic E-state index is -0.835. The summed E-state index contributed by atoms with van der Waals surface area (Å²) in [4.78, 5) is 23.2. The van der Waals surface area contributed by atoms with Crippen LogP contribution in [0.3, 0.4) is 0 Å². The first-order chi connectivity index (χ1) is 9.08. The van der Waals surface area contributed by atoms with Gasteiger partial charge in [-0.1, -0.05) is 6.42 Å².